The van der Waals surface area contributed by atoms with Gasteiger partial charge in [-0.05, 0) is 23.8 Å². The van der Waals surface area contributed by atoms with Crippen molar-refractivity contribution in [3.63, 3.8) is 0 Å². The Morgan fingerprint density at radius 1 is 1.22 bits per heavy atom. The van der Waals surface area contributed by atoms with Gasteiger partial charge in [0.2, 0.25) is 0 Å². The minimum Gasteiger partial charge on any atom is -0.493 e. The second kappa shape index (κ2) is 7.92. The van der Waals surface area contributed by atoms with Crippen molar-refractivity contribution in [2.45, 2.75) is 6.54 Å². The van der Waals surface area contributed by atoms with Crippen LogP contribution in [0.25, 0.3) is 11.5 Å². The van der Waals surface area contributed by atoms with Crippen LogP contribution in [0.3, 0.4) is 0 Å². The molecule has 9 nitrogen and oxygen atoms in total. The Labute approximate surface area is 159 Å². The number of rotatable bonds is 7. The third kappa shape index (κ3) is 3.93. The molecule has 0 aliphatic heterocycles. The second-order valence-electron chi connectivity index (χ2n) is 5.35. The number of halogens is 1. The monoisotopic (exact) mass is 390 g/mol. The zero-order valence-corrected chi connectivity index (χ0v) is 15.2. The zero-order valence-electron chi connectivity index (χ0n) is 14.4. The Morgan fingerprint density at radius 2 is 2.04 bits per heavy atom. The summed E-state index contributed by atoms with van der Waals surface area (Å²) in [7, 11) is 3.06. The smallest absolute Gasteiger partial charge is 0.316 e. The molecular weight excluding hydrogens is 376 g/mol. The van der Waals surface area contributed by atoms with Gasteiger partial charge in [0.25, 0.3) is 11.6 Å². The van der Waals surface area contributed by atoms with Gasteiger partial charge in [-0.1, -0.05) is 28.8 Å². The Bertz CT molecular complexity index is 976. The van der Waals surface area contributed by atoms with E-state index in [2.05, 4.69) is 15.5 Å². The Morgan fingerprint density at radius 3 is 2.70 bits per heavy atom. The number of benzene rings is 2. The van der Waals surface area contributed by atoms with Gasteiger partial charge in [0.05, 0.1) is 24.7 Å². The molecule has 0 atom stereocenters. The van der Waals surface area contributed by atoms with Crippen molar-refractivity contribution < 1.29 is 18.8 Å². The predicted molar refractivity (Wildman–Crippen MR) is 98.3 cm³/mol. The van der Waals surface area contributed by atoms with E-state index in [1.54, 1.807) is 24.3 Å². The van der Waals surface area contributed by atoms with Crippen LogP contribution in [0.4, 0.5) is 11.7 Å². The van der Waals surface area contributed by atoms with E-state index in [4.69, 9.17) is 25.5 Å². The predicted octanol–water partition coefficient (Wildman–Crippen LogP) is 3.93. The molecule has 3 rings (SSSR count). The molecule has 1 N–H and O–H groups in total. The van der Waals surface area contributed by atoms with Crippen molar-refractivity contribution in [2.24, 2.45) is 0 Å². The zero-order chi connectivity index (χ0) is 19.4. The van der Waals surface area contributed by atoms with Crippen LogP contribution in [-0.2, 0) is 6.54 Å². The van der Waals surface area contributed by atoms with Crippen molar-refractivity contribution in [1.82, 2.24) is 10.2 Å². The topological polar surface area (TPSA) is 113 Å². The SMILES string of the molecule is COc1cccc(-c2nnc(NCc3ccc([N+](=O)[O-])c(Cl)c3)o2)c1OC. The van der Waals surface area contributed by atoms with Gasteiger partial charge in [-0.25, -0.2) is 0 Å². The molecule has 0 saturated carbocycles. The summed E-state index contributed by atoms with van der Waals surface area (Å²) in [6.07, 6.45) is 0. The molecule has 0 fully saturated rings. The fourth-order valence-corrected chi connectivity index (χ4v) is 2.72. The number of hydrogen-bond acceptors (Lipinski definition) is 8. The highest BCUT2D eigenvalue weighted by Crippen LogP contribution is 2.37. The molecule has 0 unspecified atom stereocenters. The lowest BCUT2D eigenvalue weighted by Crippen LogP contribution is -2.00. The summed E-state index contributed by atoms with van der Waals surface area (Å²) >= 11 is 5.91. The van der Waals surface area contributed by atoms with Gasteiger partial charge in [0.1, 0.15) is 5.02 Å². The van der Waals surface area contributed by atoms with Crippen LogP contribution < -0.4 is 14.8 Å². The van der Waals surface area contributed by atoms with E-state index < -0.39 is 4.92 Å². The van der Waals surface area contributed by atoms with Crippen LogP contribution in [0.15, 0.2) is 40.8 Å². The van der Waals surface area contributed by atoms with Crippen LogP contribution in [0, 0.1) is 10.1 Å². The van der Waals surface area contributed by atoms with Crippen LogP contribution >= 0.6 is 11.6 Å². The Balaban J connectivity index is 1.76. The Hall–Kier alpha value is -3.33. The number of nitro benzene ring substituents is 1. The van der Waals surface area contributed by atoms with E-state index in [1.165, 1.54) is 26.4 Å². The molecular formula is C17H15ClN4O5. The second-order valence-corrected chi connectivity index (χ2v) is 5.76. The average Bonchev–Trinajstić information content (AvgIpc) is 3.14. The van der Waals surface area contributed by atoms with E-state index in [0.29, 0.717) is 23.6 Å². The first-order valence-electron chi connectivity index (χ1n) is 7.75. The number of nitro groups is 1. The van der Waals surface area contributed by atoms with Crippen LogP contribution in [0.2, 0.25) is 5.02 Å². The summed E-state index contributed by atoms with van der Waals surface area (Å²) in [4.78, 5) is 10.3. The normalized spacial score (nSPS) is 10.5. The first-order valence-corrected chi connectivity index (χ1v) is 8.13. The molecule has 0 radical (unpaired) electrons. The Kier molecular flexibility index (Phi) is 5.41. The molecule has 0 amide bonds. The van der Waals surface area contributed by atoms with Gasteiger partial charge in [0, 0.05) is 12.6 Å². The molecule has 3 aromatic rings. The molecule has 0 spiro atoms. The van der Waals surface area contributed by atoms with E-state index in [0.717, 1.165) is 5.56 Å². The molecule has 2 aromatic carbocycles. The summed E-state index contributed by atoms with van der Waals surface area (Å²) < 4.78 is 16.2. The highest BCUT2D eigenvalue weighted by molar-refractivity contribution is 6.32. The van der Waals surface area contributed by atoms with Crippen molar-refractivity contribution in [3.05, 3.63) is 57.1 Å². The van der Waals surface area contributed by atoms with E-state index >= 15 is 0 Å². The number of nitrogens with one attached hydrogen (secondary N) is 1. The quantitative estimate of drug-likeness (QED) is 0.477. The van der Waals surface area contributed by atoms with Gasteiger partial charge in [-0.2, -0.15) is 0 Å². The van der Waals surface area contributed by atoms with E-state index in [9.17, 15) is 10.1 Å². The molecule has 27 heavy (non-hydrogen) atoms. The van der Waals surface area contributed by atoms with Crippen molar-refractivity contribution in [2.75, 3.05) is 19.5 Å². The maximum Gasteiger partial charge on any atom is 0.316 e. The molecule has 0 bridgehead atoms. The van der Waals surface area contributed by atoms with Crippen molar-refractivity contribution in [3.8, 4) is 23.0 Å². The van der Waals surface area contributed by atoms with Crippen LogP contribution in [-0.4, -0.2) is 29.3 Å². The minimum atomic E-state index is -0.536. The van der Waals surface area contributed by atoms with Crippen LogP contribution in [0.1, 0.15) is 5.56 Å². The molecule has 10 heteroatoms. The third-order valence-corrected chi connectivity index (χ3v) is 4.01. The average molecular weight is 391 g/mol. The number of methoxy groups -OCH3 is 2. The van der Waals surface area contributed by atoms with Crippen molar-refractivity contribution in [1.29, 1.82) is 0 Å². The summed E-state index contributed by atoms with van der Waals surface area (Å²) in [5, 5.41) is 21.8. The molecule has 0 aliphatic rings. The fraction of sp³-hybridized carbons (Fsp3) is 0.176. The molecule has 1 heterocycles. The fourth-order valence-electron chi connectivity index (χ4n) is 2.45. The maximum absolute atomic E-state index is 10.8. The number of hydrogen-bond donors (Lipinski definition) is 1. The number of nitrogens with zero attached hydrogens (tertiary/aromatic N) is 3. The molecule has 0 saturated heterocycles. The van der Waals surface area contributed by atoms with E-state index in [-0.39, 0.29) is 22.6 Å². The lowest BCUT2D eigenvalue weighted by Gasteiger charge is -2.09. The summed E-state index contributed by atoms with van der Waals surface area (Å²) in [5.74, 6) is 1.29. The van der Waals surface area contributed by atoms with Gasteiger partial charge in [-0.3, -0.25) is 10.1 Å². The molecule has 0 aliphatic carbocycles. The highest BCUT2D eigenvalue weighted by atomic mass is 35.5. The number of anilines is 1. The number of ether oxygens (including phenoxy) is 2. The third-order valence-electron chi connectivity index (χ3n) is 3.71. The van der Waals surface area contributed by atoms with Gasteiger partial charge < -0.3 is 19.2 Å². The first-order chi connectivity index (χ1) is 13.0. The first kappa shape index (κ1) is 18.5. The summed E-state index contributed by atoms with van der Waals surface area (Å²) in [5.41, 5.74) is 1.17. The standard InChI is InChI=1S/C17H15ClN4O5/c1-25-14-5-3-4-11(15(14)26-2)16-20-21-17(27-16)19-9-10-6-7-13(22(23)24)12(18)8-10/h3-8H,9H2,1-2H3,(H,19,21). The van der Waals surface area contributed by atoms with Crippen LogP contribution in [0.5, 0.6) is 11.5 Å². The maximum atomic E-state index is 10.8. The number of para-hydroxylation sites is 1. The summed E-state index contributed by atoms with van der Waals surface area (Å²) in [6, 6.07) is 9.95. The highest BCUT2D eigenvalue weighted by Gasteiger charge is 2.17. The molecule has 140 valence electrons. The van der Waals surface area contributed by atoms with E-state index in [1.807, 2.05) is 0 Å². The van der Waals surface area contributed by atoms with Gasteiger partial charge >= 0.3 is 6.01 Å². The van der Waals surface area contributed by atoms with Gasteiger partial charge in [0.15, 0.2) is 11.5 Å². The largest absolute Gasteiger partial charge is 0.493 e. The lowest BCUT2D eigenvalue weighted by atomic mass is 10.2. The minimum absolute atomic E-state index is 0.0617. The van der Waals surface area contributed by atoms with Crippen molar-refractivity contribution >= 4 is 23.3 Å². The number of aromatic nitrogens is 2. The summed E-state index contributed by atoms with van der Waals surface area (Å²) in [6.45, 7) is 0.300. The lowest BCUT2D eigenvalue weighted by molar-refractivity contribution is -0.384. The van der Waals surface area contributed by atoms with Gasteiger partial charge in [-0.15, -0.1) is 5.10 Å². The molecule has 1 aromatic heterocycles.